The molecule has 0 bridgehead atoms. The first-order chi connectivity index (χ1) is 5.38. The van der Waals surface area contributed by atoms with Crippen LogP contribution in [0.3, 0.4) is 0 Å². The molecule has 0 aromatic rings. The van der Waals surface area contributed by atoms with E-state index in [1.54, 1.807) is 5.40 Å². The maximum absolute atomic E-state index is 10.6. The van der Waals surface area contributed by atoms with Gasteiger partial charge in [0.1, 0.15) is 10.8 Å². The zero-order valence-corrected chi connectivity index (χ0v) is 9.06. The SMILES string of the molecule is CC(=O)N[C@H](SC#N)C(Cl)(Cl)Cl. The van der Waals surface area contributed by atoms with Crippen LogP contribution >= 0.6 is 46.6 Å². The zero-order chi connectivity index (χ0) is 9.78. The summed E-state index contributed by atoms with van der Waals surface area (Å²) in [5.41, 5.74) is 0. The van der Waals surface area contributed by atoms with Crippen molar-refractivity contribution in [3.05, 3.63) is 0 Å². The minimum Gasteiger partial charge on any atom is -0.340 e. The first kappa shape index (κ1) is 12.2. The Hall–Kier alpha value is 0.180. The molecule has 12 heavy (non-hydrogen) atoms. The Balaban J connectivity index is 4.25. The Labute approximate surface area is 89.3 Å². The zero-order valence-electron chi connectivity index (χ0n) is 5.97. The average molecular weight is 248 g/mol. The summed E-state index contributed by atoms with van der Waals surface area (Å²) in [4.78, 5) is 10.6. The van der Waals surface area contributed by atoms with Crippen LogP contribution in [0.4, 0.5) is 0 Å². The van der Waals surface area contributed by atoms with Gasteiger partial charge in [-0.15, -0.1) is 0 Å². The molecule has 68 valence electrons. The van der Waals surface area contributed by atoms with E-state index in [2.05, 4.69) is 5.32 Å². The van der Waals surface area contributed by atoms with Crippen LogP contribution < -0.4 is 5.32 Å². The van der Waals surface area contributed by atoms with E-state index < -0.39 is 9.17 Å². The molecule has 0 aliphatic carbocycles. The van der Waals surface area contributed by atoms with Gasteiger partial charge in [0, 0.05) is 6.92 Å². The second kappa shape index (κ2) is 5.03. The molecular weight excluding hydrogens is 242 g/mol. The third-order valence-electron chi connectivity index (χ3n) is 0.802. The van der Waals surface area contributed by atoms with Crippen molar-refractivity contribution in [2.45, 2.75) is 16.1 Å². The number of hydrogen-bond donors (Lipinski definition) is 1. The third kappa shape index (κ3) is 4.94. The van der Waals surface area contributed by atoms with Gasteiger partial charge in [-0.1, -0.05) is 34.8 Å². The summed E-state index contributed by atoms with van der Waals surface area (Å²) >= 11 is 17.1. The number of thiocyanates is 1. The molecule has 0 aliphatic rings. The maximum atomic E-state index is 10.6. The number of carbonyl (C=O) groups is 1. The number of thioether (sulfide) groups is 1. The van der Waals surface area contributed by atoms with Crippen LogP contribution in [0.1, 0.15) is 6.92 Å². The molecule has 0 unspecified atom stereocenters. The Morgan fingerprint density at radius 2 is 2.17 bits per heavy atom. The molecule has 0 spiro atoms. The van der Waals surface area contributed by atoms with Gasteiger partial charge in [0.25, 0.3) is 0 Å². The molecule has 0 aromatic carbocycles. The summed E-state index contributed by atoms with van der Waals surface area (Å²) in [6, 6.07) is 0. The molecule has 1 atom stereocenters. The van der Waals surface area contributed by atoms with E-state index in [4.69, 9.17) is 40.1 Å². The molecule has 0 saturated carbocycles. The lowest BCUT2D eigenvalue weighted by atomic mass is 10.6. The van der Waals surface area contributed by atoms with Crippen molar-refractivity contribution in [2.24, 2.45) is 0 Å². The summed E-state index contributed by atoms with van der Waals surface area (Å²) in [7, 11) is 0. The summed E-state index contributed by atoms with van der Waals surface area (Å²) < 4.78 is -1.67. The van der Waals surface area contributed by atoms with Crippen LogP contribution in [0.5, 0.6) is 0 Å². The van der Waals surface area contributed by atoms with Crippen LogP contribution in [0, 0.1) is 10.7 Å². The summed E-state index contributed by atoms with van der Waals surface area (Å²) in [6.07, 6.45) is 0. The molecule has 3 nitrogen and oxygen atoms in total. The van der Waals surface area contributed by atoms with Gasteiger partial charge in [-0.25, -0.2) is 0 Å². The fourth-order valence-corrected chi connectivity index (χ4v) is 1.44. The van der Waals surface area contributed by atoms with Crippen LogP contribution in [0.15, 0.2) is 0 Å². The van der Waals surface area contributed by atoms with Gasteiger partial charge in [0.05, 0.1) is 0 Å². The van der Waals surface area contributed by atoms with E-state index in [1.807, 2.05) is 0 Å². The molecule has 0 heterocycles. The number of nitrogens with one attached hydrogen (secondary N) is 1. The molecule has 0 radical (unpaired) electrons. The van der Waals surface area contributed by atoms with Crippen molar-refractivity contribution in [3.8, 4) is 5.40 Å². The van der Waals surface area contributed by atoms with Gasteiger partial charge >= 0.3 is 0 Å². The summed E-state index contributed by atoms with van der Waals surface area (Å²) in [5.74, 6) is -0.353. The number of rotatable bonds is 2. The molecule has 0 aliphatic heterocycles. The van der Waals surface area contributed by atoms with E-state index >= 15 is 0 Å². The van der Waals surface area contributed by atoms with Crippen LogP contribution in [0.2, 0.25) is 0 Å². The Morgan fingerprint density at radius 1 is 1.67 bits per heavy atom. The largest absolute Gasteiger partial charge is 0.340 e. The fourth-order valence-electron chi connectivity index (χ4n) is 0.415. The number of nitriles is 1. The van der Waals surface area contributed by atoms with Crippen LogP contribution in [-0.4, -0.2) is 15.1 Å². The van der Waals surface area contributed by atoms with Crippen LogP contribution in [-0.2, 0) is 4.79 Å². The minimum absolute atomic E-state index is 0.353. The number of alkyl halides is 3. The smallest absolute Gasteiger partial charge is 0.220 e. The second-order valence-electron chi connectivity index (χ2n) is 1.83. The Bertz CT molecular complexity index is 210. The summed E-state index contributed by atoms with van der Waals surface area (Å²) in [5, 5.41) is 11.5. The Morgan fingerprint density at radius 3 is 2.42 bits per heavy atom. The van der Waals surface area contributed by atoms with Gasteiger partial charge in [0.15, 0.2) is 0 Å². The van der Waals surface area contributed by atoms with Gasteiger partial charge in [-0.05, 0) is 11.8 Å². The third-order valence-corrected chi connectivity index (χ3v) is 2.66. The van der Waals surface area contributed by atoms with Gasteiger partial charge in [-0.3, -0.25) is 4.79 Å². The standard InChI is InChI=1S/C5H5Cl3N2OS/c1-3(11)10-4(12-2-9)5(6,7)8/h4H,1H3,(H,10,11)/t4-/m1/s1. The first-order valence-corrected chi connectivity index (χ1v) is 4.78. The molecular formula is C5H5Cl3N2OS. The molecule has 1 N–H and O–H groups in total. The monoisotopic (exact) mass is 246 g/mol. The predicted molar refractivity (Wildman–Crippen MR) is 51.1 cm³/mol. The average Bonchev–Trinajstić information content (AvgIpc) is 1.83. The summed E-state index contributed by atoms with van der Waals surface area (Å²) in [6.45, 7) is 1.28. The highest BCUT2D eigenvalue weighted by Gasteiger charge is 2.33. The van der Waals surface area contributed by atoms with E-state index in [-0.39, 0.29) is 5.91 Å². The van der Waals surface area contributed by atoms with Gasteiger partial charge in [-0.2, -0.15) is 5.26 Å². The van der Waals surface area contributed by atoms with Crippen molar-refractivity contribution in [2.75, 3.05) is 0 Å². The van der Waals surface area contributed by atoms with Crippen molar-refractivity contribution in [1.82, 2.24) is 5.32 Å². The number of halogens is 3. The molecule has 1 amide bonds. The van der Waals surface area contributed by atoms with Crippen molar-refractivity contribution in [1.29, 1.82) is 5.26 Å². The predicted octanol–water partition coefficient (Wildman–Crippen LogP) is 2.03. The van der Waals surface area contributed by atoms with E-state index in [0.717, 1.165) is 0 Å². The van der Waals surface area contributed by atoms with Crippen molar-refractivity contribution < 1.29 is 4.79 Å². The lowest BCUT2D eigenvalue weighted by molar-refractivity contribution is -0.119. The van der Waals surface area contributed by atoms with E-state index in [1.165, 1.54) is 6.92 Å². The molecule has 0 aromatic heterocycles. The van der Waals surface area contributed by atoms with E-state index in [9.17, 15) is 4.79 Å². The molecule has 0 saturated heterocycles. The molecule has 0 rings (SSSR count). The van der Waals surface area contributed by atoms with Crippen LogP contribution in [0.25, 0.3) is 0 Å². The lowest BCUT2D eigenvalue weighted by Crippen LogP contribution is -2.39. The first-order valence-electron chi connectivity index (χ1n) is 2.76. The van der Waals surface area contributed by atoms with E-state index in [0.29, 0.717) is 11.8 Å². The highest BCUT2D eigenvalue weighted by atomic mass is 35.6. The van der Waals surface area contributed by atoms with Gasteiger partial charge < -0.3 is 5.32 Å². The topological polar surface area (TPSA) is 52.9 Å². The fraction of sp³-hybridized carbons (Fsp3) is 0.600. The maximum Gasteiger partial charge on any atom is 0.220 e. The second-order valence-corrected chi connectivity index (χ2v) is 5.09. The minimum atomic E-state index is -1.67. The number of amides is 1. The highest BCUT2D eigenvalue weighted by molar-refractivity contribution is 8.04. The van der Waals surface area contributed by atoms with Gasteiger partial charge in [0.2, 0.25) is 9.70 Å². The Kier molecular flexibility index (Phi) is 5.10. The van der Waals surface area contributed by atoms with Crippen molar-refractivity contribution in [3.63, 3.8) is 0 Å². The number of carbonyl (C=O) groups excluding carboxylic acids is 1. The molecule has 7 heteroatoms. The quantitative estimate of drug-likeness (QED) is 0.461. The van der Waals surface area contributed by atoms with Crippen molar-refractivity contribution >= 4 is 52.5 Å². The number of hydrogen-bond acceptors (Lipinski definition) is 3. The lowest BCUT2D eigenvalue weighted by Gasteiger charge is -2.20. The highest BCUT2D eigenvalue weighted by Crippen LogP contribution is 2.35. The molecule has 0 fully saturated rings. The normalized spacial score (nSPS) is 13.2. The number of nitrogens with zero attached hydrogens (tertiary/aromatic N) is 1.